The topological polar surface area (TPSA) is 55.6 Å². The number of halogens is 1. The molecule has 20 heavy (non-hydrogen) atoms. The summed E-state index contributed by atoms with van der Waals surface area (Å²) in [4.78, 5) is 14.0. The Morgan fingerprint density at radius 3 is 2.60 bits per heavy atom. The minimum Gasteiger partial charge on any atom is -0.496 e. The van der Waals surface area contributed by atoms with Gasteiger partial charge < -0.3 is 15.4 Å². The standard InChI is InChI=1S/C15H15BrN2O2/c1-18(12-6-7-14(20-2)13(16)9-12)15(19)10-4-3-5-11(17)8-10/h3-9H,17H2,1-2H3. The van der Waals surface area contributed by atoms with Crippen molar-refractivity contribution >= 4 is 33.2 Å². The fourth-order valence-corrected chi connectivity index (χ4v) is 2.38. The number of carbonyl (C=O) groups is 1. The number of ether oxygens (including phenoxy) is 1. The first-order valence-corrected chi connectivity index (χ1v) is 6.79. The Balaban J connectivity index is 2.29. The van der Waals surface area contributed by atoms with Crippen LogP contribution in [0.4, 0.5) is 11.4 Å². The van der Waals surface area contributed by atoms with Crippen LogP contribution in [-0.2, 0) is 0 Å². The molecule has 0 bridgehead atoms. The van der Waals surface area contributed by atoms with E-state index in [4.69, 9.17) is 10.5 Å². The summed E-state index contributed by atoms with van der Waals surface area (Å²) in [7, 11) is 3.32. The van der Waals surface area contributed by atoms with Crippen LogP contribution in [-0.4, -0.2) is 20.1 Å². The molecule has 1 amide bonds. The number of nitrogen functional groups attached to an aromatic ring is 1. The minimum atomic E-state index is -0.116. The molecule has 0 saturated carbocycles. The van der Waals surface area contributed by atoms with Crippen LogP contribution in [0.1, 0.15) is 10.4 Å². The summed E-state index contributed by atoms with van der Waals surface area (Å²) >= 11 is 3.41. The lowest BCUT2D eigenvalue weighted by molar-refractivity contribution is 0.0993. The first kappa shape index (κ1) is 14.4. The summed E-state index contributed by atoms with van der Waals surface area (Å²) in [6.45, 7) is 0. The second-order valence-electron chi connectivity index (χ2n) is 4.31. The summed E-state index contributed by atoms with van der Waals surface area (Å²) in [6, 6.07) is 12.4. The quantitative estimate of drug-likeness (QED) is 0.876. The molecule has 0 aromatic heterocycles. The second-order valence-corrected chi connectivity index (χ2v) is 5.16. The number of methoxy groups -OCH3 is 1. The van der Waals surface area contributed by atoms with E-state index in [1.54, 1.807) is 43.3 Å². The predicted octanol–water partition coefficient (Wildman–Crippen LogP) is 3.32. The Labute approximate surface area is 126 Å². The third kappa shape index (κ3) is 2.93. The smallest absolute Gasteiger partial charge is 0.258 e. The maximum absolute atomic E-state index is 12.4. The first-order valence-electron chi connectivity index (χ1n) is 6.00. The predicted molar refractivity (Wildman–Crippen MR) is 84.3 cm³/mol. The summed E-state index contributed by atoms with van der Waals surface area (Å²) in [5.41, 5.74) is 7.60. The Hall–Kier alpha value is -2.01. The van der Waals surface area contributed by atoms with Crippen molar-refractivity contribution in [3.63, 3.8) is 0 Å². The molecule has 104 valence electrons. The van der Waals surface area contributed by atoms with Gasteiger partial charge in [0.25, 0.3) is 5.91 Å². The van der Waals surface area contributed by atoms with E-state index < -0.39 is 0 Å². The van der Waals surface area contributed by atoms with Crippen LogP contribution < -0.4 is 15.4 Å². The number of anilines is 2. The molecule has 2 rings (SSSR count). The van der Waals surface area contributed by atoms with E-state index in [1.165, 1.54) is 0 Å². The molecule has 2 N–H and O–H groups in total. The molecule has 4 nitrogen and oxygen atoms in total. The molecule has 0 fully saturated rings. The van der Waals surface area contributed by atoms with Gasteiger partial charge in [-0.15, -0.1) is 0 Å². The van der Waals surface area contributed by atoms with Crippen LogP contribution in [0, 0.1) is 0 Å². The molecule has 0 heterocycles. The Morgan fingerprint density at radius 1 is 1.25 bits per heavy atom. The highest BCUT2D eigenvalue weighted by molar-refractivity contribution is 9.10. The van der Waals surface area contributed by atoms with Gasteiger partial charge in [-0.3, -0.25) is 4.79 Å². The van der Waals surface area contributed by atoms with Crippen molar-refractivity contribution in [2.75, 3.05) is 24.8 Å². The van der Waals surface area contributed by atoms with Crippen molar-refractivity contribution in [3.05, 3.63) is 52.5 Å². The molecular formula is C15H15BrN2O2. The van der Waals surface area contributed by atoms with Crippen LogP contribution in [0.3, 0.4) is 0 Å². The SMILES string of the molecule is COc1ccc(N(C)C(=O)c2cccc(N)c2)cc1Br. The molecule has 0 aliphatic carbocycles. The van der Waals surface area contributed by atoms with Crippen LogP contribution in [0.2, 0.25) is 0 Å². The maximum Gasteiger partial charge on any atom is 0.258 e. The zero-order valence-electron chi connectivity index (χ0n) is 11.3. The average molecular weight is 335 g/mol. The fourth-order valence-electron chi connectivity index (χ4n) is 1.85. The first-order chi connectivity index (χ1) is 9.52. The van der Waals surface area contributed by atoms with Gasteiger partial charge >= 0.3 is 0 Å². The lowest BCUT2D eigenvalue weighted by atomic mass is 10.1. The lowest BCUT2D eigenvalue weighted by Crippen LogP contribution is -2.26. The minimum absolute atomic E-state index is 0.116. The molecular weight excluding hydrogens is 320 g/mol. The van der Waals surface area contributed by atoms with Crippen molar-refractivity contribution in [1.29, 1.82) is 0 Å². The van der Waals surface area contributed by atoms with Gasteiger partial charge in [-0.25, -0.2) is 0 Å². The highest BCUT2D eigenvalue weighted by Gasteiger charge is 2.14. The van der Waals surface area contributed by atoms with E-state index in [0.717, 1.165) is 15.9 Å². The lowest BCUT2D eigenvalue weighted by Gasteiger charge is -2.18. The maximum atomic E-state index is 12.4. The molecule has 0 aliphatic rings. The normalized spacial score (nSPS) is 10.2. The monoisotopic (exact) mass is 334 g/mol. The Bertz CT molecular complexity index is 644. The van der Waals surface area contributed by atoms with Gasteiger partial charge in [0, 0.05) is 24.0 Å². The van der Waals surface area contributed by atoms with Crippen molar-refractivity contribution in [2.24, 2.45) is 0 Å². The molecule has 0 aliphatic heterocycles. The third-order valence-electron chi connectivity index (χ3n) is 2.96. The molecule has 0 radical (unpaired) electrons. The zero-order chi connectivity index (χ0) is 14.7. The van der Waals surface area contributed by atoms with Crippen LogP contribution in [0.5, 0.6) is 5.75 Å². The molecule has 0 unspecified atom stereocenters. The van der Waals surface area contributed by atoms with E-state index in [1.807, 2.05) is 18.2 Å². The van der Waals surface area contributed by atoms with Gasteiger partial charge in [-0.1, -0.05) is 6.07 Å². The number of benzene rings is 2. The number of hydrogen-bond donors (Lipinski definition) is 1. The molecule has 0 saturated heterocycles. The van der Waals surface area contributed by atoms with Gasteiger partial charge in [0.05, 0.1) is 11.6 Å². The molecule has 0 atom stereocenters. The number of hydrogen-bond acceptors (Lipinski definition) is 3. The third-order valence-corrected chi connectivity index (χ3v) is 3.58. The van der Waals surface area contributed by atoms with E-state index in [-0.39, 0.29) is 5.91 Å². The van der Waals surface area contributed by atoms with Gasteiger partial charge in [0.2, 0.25) is 0 Å². The van der Waals surface area contributed by atoms with Crippen LogP contribution in [0.15, 0.2) is 46.9 Å². The van der Waals surface area contributed by atoms with E-state index in [2.05, 4.69) is 15.9 Å². The summed E-state index contributed by atoms with van der Waals surface area (Å²) in [5, 5.41) is 0. The van der Waals surface area contributed by atoms with Gasteiger partial charge in [0.1, 0.15) is 5.75 Å². The second kappa shape index (κ2) is 5.96. The number of carbonyl (C=O) groups excluding carboxylic acids is 1. The molecule has 5 heteroatoms. The van der Waals surface area contributed by atoms with Crippen molar-refractivity contribution in [1.82, 2.24) is 0 Å². The summed E-state index contributed by atoms with van der Waals surface area (Å²) in [6.07, 6.45) is 0. The average Bonchev–Trinajstić information content (AvgIpc) is 2.45. The van der Waals surface area contributed by atoms with Crippen molar-refractivity contribution in [2.45, 2.75) is 0 Å². The number of amides is 1. The summed E-state index contributed by atoms with van der Waals surface area (Å²) in [5.74, 6) is 0.605. The van der Waals surface area contributed by atoms with Crippen LogP contribution >= 0.6 is 15.9 Å². The van der Waals surface area contributed by atoms with Gasteiger partial charge in [-0.05, 0) is 52.3 Å². The number of nitrogens with two attached hydrogens (primary N) is 1. The Kier molecular flexibility index (Phi) is 4.29. The van der Waals surface area contributed by atoms with Crippen LogP contribution in [0.25, 0.3) is 0 Å². The van der Waals surface area contributed by atoms with E-state index >= 15 is 0 Å². The molecule has 2 aromatic carbocycles. The van der Waals surface area contributed by atoms with E-state index in [9.17, 15) is 4.79 Å². The van der Waals surface area contributed by atoms with E-state index in [0.29, 0.717) is 11.3 Å². The number of nitrogens with zero attached hydrogens (tertiary/aromatic N) is 1. The molecule has 0 spiro atoms. The summed E-state index contributed by atoms with van der Waals surface area (Å²) < 4.78 is 5.97. The van der Waals surface area contributed by atoms with Crippen molar-refractivity contribution in [3.8, 4) is 5.75 Å². The Morgan fingerprint density at radius 2 is 2.00 bits per heavy atom. The zero-order valence-corrected chi connectivity index (χ0v) is 12.8. The van der Waals surface area contributed by atoms with Gasteiger partial charge in [-0.2, -0.15) is 0 Å². The highest BCUT2D eigenvalue weighted by Crippen LogP contribution is 2.29. The van der Waals surface area contributed by atoms with Gasteiger partial charge in [0.15, 0.2) is 0 Å². The number of rotatable bonds is 3. The molecule has 2 aromatic rings. The fraction of sp³-hybridized carbons (Fsp3) is 0.133. The largest absolute Gasteiger partial charge is 0.496 e. The highest BCUT2D eigenvalue weighted by atomic mass is 79.9. The van der Waals surface area contributed by atoms with Crippen molar-refractivity contribution < 1.29 is 9.53 Å².